The lowest BCUT2D eigenvalue weighted by atomic mass is 9.95. The minimum atomic E-state index is -1.21. The number of halogens is 1. The first-order valence-corrected chi connectivity index (χ1v) is 3.73. The number of nitrogens with two attached hydrogens (primary N) is 1. The Morgan fingerprint density at radius 2 is 2.33 bits per heavy atom. The summed E-state index contributed by atoms with van der Waals surface area (Å²) >= 11 is 5.87. The molecule has 1 aliphatic rings. The van der Waals surface area contributed by atoms with E-state index in [9.17, 15) is 4.79 Å². The highest BCUT2D eigenvalue weighted by molar-refractivity contribution is 6.26. The highest BCUT2D eigenvalue weighted by Crippen LogP contribution is 2.27. The molecule has 1 aliphatic carbocycles. The van der Waals surface area contributed by atoms with Crippen molar-refractivity contribution >= 4 is 17.6 Å². The van der Waals surface area contributed by atoms with E-state index in [-0.39, 0.29) is 0 Å². The zero-order chi connectivity index (χ0) is 9.19. The molecule has 0 aromatic carbocycles. The highest BCUT2D eigenvalue weighted by Gasteiger charge is 2.38. The number of hydrazine groups is 1. The van der Waals surface area contributed by atoms with E-state index in [1.807, 2.05) is 0 Å². The van der Waals surface area contributed by atoms with Crippen molar-refractivity contribution < 1.29 is 9.90 Å². The van der Waals surface area contributed by atoms with Crippen LogP contribution in [0.3, 0.4) is 0 Å². The van der Waals surface area contributed by atoms with Crippen LogP contribution in [0.15, 0.2) is 24.3 Å². The molecule has 0 bridgehead atoms. The lowest BCUT2D eigenvalue weighted by Crippen LogP contribution is -2.51. The minimum Gasteiger partial charge on any atom is -0.481 e. The second kappa shape index (κ2) is 3.26. The maximum Gasteiger partial charge on any atom is 0.313 e. The van der Waals surface area contributed by atoms with Crippen LogP contribution < -0.4 is 11.3 Å². The SMILES string of the molecule is NNC1(Cl)C=CC=CC1C(=O)O. The monoisotopic (exact) mass is 188 g/mol. The Labute approximate surface area is 74.7 Å². The maximum atomic E-state index is 10.7. The second-order valence-corrected chi connectivity index (χ2v) is 3.10. The first kappa shape index (κ1) is 9.25. The van der Waals surface area contributed by atoms with Crippen LogP contribution in [0.2, 0.25) is 0 Å². The normalized spacial score (nSPS) is 33.7. The fourth-order valence-corrected chi connectivity index (χ4v) is 1.25. The summed E-state index contributed by atoms with van der Waals surface area (Å²) in [5.41, 5.74) is 2.26. The van der Waals surface area contributed by atoms with Gasteiger partial charge in [0.1, 0.15) is 10.9 Å². The Morgan fingerprint density at radius 1 is 1.67 bits per heavy atom. The molecular formula is C7H9ClN2O2. The van der Waals surface area contributed by atoms with Crippen LogP contribution in [0, 0.1) is 5.92 Å². The molecular weight excluding hydrogens is 180 g/mol. The molecule has 0 aromatic heterocycles. The van der Waals surface area contributed by atoms with E-state index in [2.05, 4.69) is 5.43 Å². The van der Waals surface area contributed by atoms with E-state index >= 15 is 0 Å². The van der Waals surface area contributed by atoms with Crippen LogP contribution in [0.1, 0.15) is 0 Å². The summed E-state index contributed by atoms with van der Waals surface area (Å²) in [6, 6.07) is 0. The van der Waals surface area contributed by atoms with Crippen molar-refractivity contribution in [3.05, 3.63) is 24.3 Å². The largest absolute Gasteiger partial charge is 0.481 e. The van der Waals surface area contributed by atoms with Gasteiger partial charge in [-0.3, -0.25) is 10.6 Å². The van der Waals surface area contributed by atoms with Gasteiger partial charge in [-0.25, -0.2) is 5.43 Å². The second-order valence-electron chi connectivity index (χ2n) is 2.47. The summed E-state index contributed by atoms with van der Waals surface area (Å²) in [6.45, 7) is 0. The molecule has 0 amide bonds. The average molecular weight is 189 g/mol. The fourth-order valence-electron chi connectivity index (χ4n) is 1.01. The van der Waals surface area contributed by atoms with E-state index < -0.39 is 16.9 Å². The zero-order valence-electron chi connectivity index (χ0n) is 6.20. The van der Waals surface area contributed by atoms with Gasteiger partial charge in [0.05, 0.1) is 0 Å². The fraction of sp³-hybridized carbons (Fsp3) is 0.286. The number of rotatable bonds is 2. The molecule has 0 fully saturated rings. The molecule has 4 nitrogen and oxygen atoms in total. The molecule has 5 heteroatoms. The van der Waals surface area contributed by atoms with Crippen molar-refractivity contribution in [1.29, 1.82) is 0 Å². The molecule has 0 spiro atoms. The predicted octanol–water partition coefficient (Wildman–Crippen LogP) is 0.212. The first-order valence-electron chi connectivity index (χ1n) is 3.35. The molecule has 0 saturated heterocycles. The number of hydrogen-bond acceptors (Lipinski definition) is 3. The molecule has 2 atom stereocenters. The van der Waals surface area contributed by atoms with Crippen LogP contribution in [-0.4, -0.2) is 16.1 Å². The van der Waals surface area contributed by atoms with Crippen LogP contribution in [0.4, 0.5) is 0 Å². The lowest BCUT2D eigenvalue weighted by molar-refractivity contribution is -0.141. The van der Waals surface area contributed by atoms with Crippen molar-refractivity contribution in [2.45, 2.75) is 5.00 Å². The average Bonchev–Trinajstić information content (AvgIpc) is 2.05. The number of carboxylic acids is 1. The first-order chi connectivity index (χ1) is 5.60. The van der Waals surface area contributed by atoms with Gasteiger partial charge in [0.25, 0.3) is 0 Å². The topological polar surface area (TPSA) is 75.3 Å². The van der Waals surface area contributed by atoms with Gasteiger partial charge >= 0.3 is 5.97 Å². The number of aliphatic carboxylic acids is 1. The van der Waals surface area contributed by atoms with Crippen LogP contribution in [-0.2, 0) is 4.79 Å². The van der Waals surface area contributed by atoms with Crippen molar-refractivity contribution in [1.82, 2.24) is 5.43 Å². The zero-order valence-corrected chi connectivity index (χ0v) is 6.95. The van der Waals surface area contributed by atoms with Crippen LogP contribution in [0.5, 0.6) is 0 Å². The van der Waals surface area contributed by atoms with Crippen LogP contribution >= 0.6 is 11.6 Å². The number of nitrogens with one attached hydrogen (secondary N) is 1. The lowest BCUT2D eigenvalue weighted by Gasteiger charge is -2.28. The number of allylic oxidation sites excluding steroid dienone is 2. The Balaban J connectivity index is 2.92. The molecule has 0 radical (unpaired) electrons. The number of carbonyl (C=O) groups is 1. The summed E-state index contributed by atoms with van der Waals surface area (Å²) in [4.78, 5) is 9.46. The van der Waals surface area contributed by atoms with Gasteiger partial charge in [0.2, 0.25) is 0 Å². The maximum absolute atomic E-state index is 10.7. The Hall–Kier alpha value is -0.840. The van der Waals surface area contributed by atoms with E-state index in [1.165, 1.54) is 12.2 Å². The highest BCUT2D eigenvalue weighted by atomic mass is 35.5. The van der Waals surface area contributed by atoms with Crippen molar-refractivity contribution in [3.63, 3.8) is 0 Å². The third kappa shape index (κ3) is 1.50. The number of hydrogen-bond donors (Lipinski definition) is 3. The summed E-state index contributed by atoms with van der Waals surface area (Å²) in [6.07, 6.45) is 6.26. The van der Waals surface area contributed by atoms with Gasteiger partial charge in [-0.2, -0.15) is 0 Å². The number of alkyl halides is 1. The molecule has 2 unspecified atom stereocenters. The third-order valence-corrected chi connectivity index (χ3v) is 2.16. The Bertz CT molecular complexity index is 252. The van der Waals surface area contributed by atoms with Crippen molar-refractivity contribution in [2.75, 3.05) is 0 Å². The Morgan fingerprint density at radius 3 is 2.75 bits per heavy atom. The molecule has 66 valence electrons. The van der Waals surface area contributed by atoms with Gasteiger partial charge in [-0.1, -0.05) is 29.8 Å². The smallest absolute Gasteiger partial charge is 0.313 e. The van der Waals surface area contributed by atoms with E-state index in [0.29, 0.717) is 0 Å². The van der Waals surface area contributed by atoms with Gasteiger partial charge < -0.3 is 5.11 Å². The van der Waals surface area contributed by atoms with Gasteiger partial charge in [0, 0.05) is 0 Å². The summed E-state index contributed by atoms with van der Waals surface area (Å²) < 4.78 is 0. The number of carboxylic acid groups (broad SMARTS) is 1. The van der Waals surface area contributed by atoms with Crippen molar-refractivity contribution in [2.24, 2.45) is 11.8 Å². The Kier molecular flexibility index (Phi) is 2.52. The molecule has 4 N–H and O–H groups in total. The van der Waals surface area contributed by atoms with Crippen molar-refractivity contribution in [3.8, 4) is 0 Å². The van der Waals surface area contributed by atoms with E-state index in [4.69, 9.17) is 22.6 Å². The standard InChI is InChI=1S/C7H9ClN2O2/c8-7(10-9)4-2-1-3-5(7)6(11)12/h1-5,10H,9H2,(H,11,12). The van der Waals surface area contributed by atoms with Gasteiger partial charge in [-0.15, -0.1) is 0 Å². The molecule has 0 heterocycles. The van der Waals surface area contributed by atoms with E-state index in [1.54, 1.807) is 12.2 Å². The molecule has 1 rings (SSSR count). The molecule has 0 aromatic rings. The van der Waals surface area contributed by atoms with Gasteiger partial charge in [-0.05, 0) is 6.08 Å². The third-order valence-electron chi connectivity index (χ3n) is 1.69. The molecule has 0 saturated carbocycles. The van der Waals surface area contributed by atoms with Crippen LogP contribution in [0.25, 0.3) is 0 Å². The summed E-state index contributed by atoms with van der Waals surface area (Å²) in [5.74, 6) is 3.29. The minimum absolute atomic E-state index is 0.839. The van der Waals surface area contributed by atoms with Gasteiger partial charge in [0.15, 0.2) is 0 Å². The predicted molar refractivity (Wildman–Crippen MR) is 45.3 cm³/mol. The van der Waals surface area contributed by atoms with E-state index in [0.717, 1.165) is 0 Å². The molecule has 0 aliphatic heterocycles. The summed E-state index contributed by atoms with van der Waals surface area (Å²) in [5, 5.41) is 8.74. The molecule has 12 heavy (non-hydrogen) atoms. The summed E-state index contributed by atoms with van der Waals surface area (Å²) in [7, 11) is 0. The quantitative estimate of drug-likeness (QED) is 0.251.